The Bertz CT molecular complexity index is 1050. The summed E-state index contributed by atoms with van der Waals surface area (Å²) in [6, 6.07) is 9.58. The third-order valence-corrected chi connectivity index (χ3v) is 4.25. The number of carbonyl (C=O) groups is 2. The molecule has 0 aromatic heterocycles. The summed E-state index contributed by atoms with van der Waals surface area (Å²) in [7, 11) is 0. The lowest BCUT2D eigenvalue weighted by Gasteiger charge is -2.13. The topological polar surface area (TPSA) is 96.9 Å². The summed E-state index contributed by atoms with van der Waals surface area (Å²) in [5, 5.41) is 14.1. The van der Waals surface area contributed by atoms with Crippen LogP contribution in [0.3, 0.4) is 0 Å². The molecule has 2 aromatic carbocycles. The molecular formula is C23H22F6N2O5. The van der Waals surface area contributed by atoms with Crippen LogP contribution in [0.5, 0.6) is 11.5 Å². The van der Waals surface area contributed by atoms with Crippen molar-refractivity contribution in [2.24, 2.45) is 0 Å². The standard InChI is InChI=1S/C23H22F6N2O5/c1-14(32)13-30-21(34)19(12-15-2-6-18(7-3-15)36-23(27,28)29)31-20(33)16-4-8-17(9-5-16)35-11-10-22(24,25)26/h2-9,12,14,32H,10-11,13H2,1H3,(H,30,34)(H,31,33)/b19-12-/t14-/m1/s1. The maximum absolute atomic E-state index is 12.6. The molecular weight excluding hydrogens is 498 g/mol. The maximum Gasteiger partial charge on any atom is 0.573 e. The van der Waals surface area contributed by atoms with Crippen molar-refractivity contribution in [3.63, 3.8) is 0 Å². The molecule has 0 saturated carbocycles. The van der Waals surface area contributed by atoms with Gasteiger partial charge in [-0.15, -0.1) is 13.2 Å². The van der Waals surface area contributed by atoms with Gasteiger partial charge in [-0.1, -0.05) is 12.1 Å². The highest BCUT2D eigenvalue weighted by Gasteiger charge is 2.31. The lowest BCUT2D eigenvalue weighted by Crippen LogP contribution is -2.37. The highest BCUT2D eigenvalue weighted by atomic mass is 19.4. The molecule has 0 bridgehead atoms. The van der Waals surface area contributed by atoms with Gasteiger partial charge in [0.2, 0.25) is 0 Å². The average Bonchev–Trinajstić information content (AvgIpc) is 2.76. The number of nitrogens with one attached hydrogen (secondary N) is 2. The van der Waals surface area contributed by atoms with Gasteiger partial charge >= 0.3 is 12.5 Å². The minimum atomic E-state index is -4.88. The maximum atomic E-state index is 12.6. The lowest BCUT2D eigenvalue weighted by atomic mass is 10.1. The van der Waals surface area contributed by atoms with Gasteiger partial charge in [0.1, 0.15) is 17.2 Å². The number of ether oxygens (including phenoxy) is 2. The first-order chi connectivity index (χ1) is 16.7. The number of rotatable bonds is 10. The largest absolute Gasteiger partial charge is 0.573 e. The Morgan fingerprint density at radius 3 is 2.08 bits per heavy atom. The minimum Gasteiger partial charge on any atom is -0.493 e. The number of hydrogen-bond acceptors (Lipinski definition) is 5. The molecule has 0 aliphatic carbocycles. The number of alkyl halides is 6. The van der Waals surface area contributed by atoms with E-state index < -0.39 is 49.2 Å². The number of amides is 2. The minimum absolute atomic E-state index is 0.0429. The van der Waals surface area contributed by atoms with Crippen molar-refractivity contribution >= 4 is 17.9 Å². The van der Waals surface area contributed by atoms with Crippen molar-refractivity contribution in [1.29, 1.82) is 0 Å². The number of carbonyl (C=O) groups excluding carboxylic acids is 2. The molecule has 36 heavy (non-hydrogen) atoms. The number of benzene rings is 2. The first-order valence-electron chi connectivity index (χ1n) is 10.4. The van der Waals surface area contributed by atoms with E-state index in [-0.39, 0.29) is 29.1 Å². The van der Waals surface area contributed by atoms with Crippen LogP contribution in [0.4, 0.5) is 26.3 Å². The molecule has 0 aliphatic rings. The normalized spacial score (nSPS) is 13.1. The smallest absolute Gasteiger partial charge is 0.493 e. The molecule has 7 nitrogen and oxygen atoms in total. The SMILES string of the molecule is C[C@@H](O)CNC(=O)/C(=C/c1ccc(OC(F)(F)F)cc1)NC(=O)c1ccc(OCCC(F)(F)F)cc1. The third kappa shape index (κ3) is 10.7. The first kappa shape index (κ1) is 28.5. The first-order valence-corrected chi connectivity index (χ1v) is 10.4. The zero-order valence-corrected chi connectivity index (χ0v) is 18.7. The molecule has 3 N–H and O–H groups in total. The predicted molar refractivity (Wildman–Crippen MR) is 116 cm³/mol. The van der Waals surface area contributed by atoms with E-state index in [0.717, 1.165) is 12.1 Å². The second-order valence-corrected chi connectivity index (χ2v) is 7.43. The van der Waals surface area contributed by atoms with Gasteiger partial charge in [0, 0.05) is 12.1 Å². The monoisotopic (exact) mass is 520 g/mol. The van der Waals surface area contributed by atoms with Crippen molar-refractivity contribution in [3.05, 3.63) is 65.4 Å². The van der Waals surface area contributed by atoms with E-state index in [0.29, 0.717) is 0 Å². The molecule has 2 aromatic rings. The van der Waals surface area contributed by atoms with E-state index in [1.165, 1.54) is 49.4 Å². The van der Waals surface area contributed by atoms with Gasteiger partial charge in [-0.3, -0.25) is 9.59 Å². The molecule has 1 atom stereocenters. The summed E-state index contributed by atoms with van der Waals surface area (Å²) in [6.07, 6.45) is -10.1. The average molecular weight is 520 g/mol. The Balaban J connectivity index is 2.15. The van der Waals surface area contributed by atoms with Gasteiger partial charge in [0.25, 0.3) is 11.8 Å². The summed E-state index contributed by atoms with van der Waals surface area (Å²) in [6.45, 7) is 0.673. The van der Waals surface area contributed by atoms with Gasteiger partial charge in [0.05, 0.1) is 19.1 Å². The van der Waals surface area contributed by atoms with Gasteiger partial charge < -0.3 is 25.2 Å². The van der Waals surface area contributed by atoms with Crippen molar-refractivity contribution in [2.45, 2.75) is 32.0 Å². The molecule has 0 fully saturated rings. The Morgan fingerprint density at radius 1 is 0.972 bits per heavy atom. The molecule has 13 heteroatoms. The highest BCUT2D eigenvalue weighted by molar-refractivity contribution is 6.05. The highest BCUT2D eigenvalue weighted by Crippen LogP contribution is 2.23. The number of aliphatic hydroxyl groups excluding tert-OH is 1. The molecule has 0 heterocycles. The fourth-order valence-electron chi connectivity index (χ4n) is 2.61. The number of halogens is 6. The van der Waals surface area contributed by atoms with Crippen molar-refractivity contribution in [3.8, 4) is 11.5 Å². The Hall–Kier alpha value is -3.74. The van der Waals surface area contributed by atoms with E-state index in [1.54, 1.807) is 0 Å². The van der Waals surface area contributed by atoms with Crippen LogP contribution in [0.15, 0.2) is 54.2 Å². The fraction of sp³-hybridized carbons (Fsp3) is 0.304. The molecule has 0 spiro atoms. The Labute approximate surface area is 201 Å². The summed E-state index contributed by atoms with van der Waals surface area (Å²) in [5.41, 5.74) is 0.0115. The van der Waals surface area contributed by atoms with Crippen LogP contribution in [-0.2, 0) is 4.79 Å². The summed E-state index contributed by atoms with van der Waals surface area (Å²) >= 11 is 0. The molecule has 0 unspecified atom stereocenters. The molecule has 0 aliphatic heterocycles. The van der Waals surface area contributed by atoms with Crippen LogP contribution in [-0.4, -0.2) is 48.7 Å². The van der Waals surface area contributed by atoms with E-state index >= 15 is 0 Å². The number of hydrogen-bond donors (Lipinski definition) is 3. The van der Waals surface area contributed by atoms with Crippen LogP contribution in [0.2, 0.25) is 0 Å². The van der Waals surface area contributed by atoms with Crippen LogP contribution < -0.4 is 20.1 Å². The van der Waals surface area contributed by atoms with E-state index in [9.17, 15) is 41.0 Å². The van der Waals surface area contributed by atoms with Crippen LogP contribution >= 0.6 is 0 Å². The summed E-state index contributed by atoms with van der Waals surface area (Å²) in [5.74, 6) is -1.93. The third-order valence-electron chi connectivity index (χ3n) is 4.25. The van der Waals surface area contributed by atoms with Crippen molar-refractivity contribution < 1.29 is 50.5 Å². The fourth-order valence-corrected chi connectivity index (χ4v) is 2.61. The van der Waals surface area contributed by atoms with Gasteiger partial charge in [-0.2, -0.15) is 13.2 Å². The van der Waals surface area contributed by atoms with E-state index in [4.69, 9.17) is 4.74 Å². The summed E-state index contributed by atoms with van der Waals surface area (Å²) < 4.78 is 82.4. The molecule has 2 rings (SSSR count). The van der Waals surface area contributed by atoms with E-state index in [1.807, 2.05) is 0 Å². The summed E-state index contributed by atoms with van der Waals surface area (Å²) in [4.78, 5) is 25.2. The van der Waals surface area contributed by atoms with Gasteiger partial charge in [-0.25, -0.2) is 0 Å². The molecule has 0 radical (unpaired) electrons. The van der Waals surface area contributed by atoms with Crippen LogP contribution in [0.1, 0.15) is 29.3 Å². The van der Waals surface area contributed by atoms with Gasteiger partial charge in [-0.05, 0) is 55.0 Å². The second kappa shape index (κ2) is 12.3. The van der Waals surface area contributed by atoms with Crippen molar-refractivity contribution in [2.75, 3.05) is 13.2 Å². The quantitative estimate of drug-likeness (QED) is 0.323. The molecule has 196 valence electrons. The van der Waals surface area contributed by atoms with Crippen LogP contribution in [0, 0.1) is 0 Å². The van der Waals surface area contributed by atoms with Crippen molar-refractivity contribution in [1.82, 2.24) is 10.6 Å². The lowest BCUT2D eigenvalue weighted by molar-refractivity contribution is -0.274. The zero-order chi connectivity index (χ0) is 26.9. The molecule has 0 saturated heterocycles. The predicted octanol–water partition coefficient (Wildman–Crippen LogP) is 4.18. The number of aliphatic hydroxyl groups is 1. The molecule has 2 amide bonds. The Morgan fingerprint density at radius 2 is 1.56 bits per heavy atom. The van der Waals surface area contributed by atoms with Crippen LogP contribution in [0.25, 0.3) is 6.08 Å². The second-order valence-electron chi connectivity index (χ2n) is 7.43. The van der Waals surface area contributed by atoms with E-state index in [2.05, 4.69) is 15.4 Å². The zero-order valence-electron chi connectivity index (χ0n) is 18.7. The Kier molecular flexibility index (Phi) is 9.73. The van der Waals surface area contributed by atoms with Gasteiger partial charge in [0.15, 0.2) is 0 Å².